The number of carbonyl (C=O) groups excluding carboxylic acids is 2. The number of esters is 1. The van der Waals surface area contributed by atoms with Gasteiger partial charge in [0.2, 0.25) is 0 Å². The van der Waals surface area contributed by atoms with E-state index < -0.39 is 5.97 Å². The molecule has 2 aromatic carbocycles. The van der Waals surface area contributed by atoms with Crippen LogP contribution in [0.5, 0.6) is 5.75 Å². The van der Waals surface area contributed by atoms with E-state index in [0.29, 0.717) is 22.8 Å². The molecular weight excluding hydrogens is 356 g/mol. The van der Waals surface area contributed by atoms with E-state index >= 15 is 0 Å². The highest BCUT2D eigenvalue weighted by atomic mass is 79.9. The van der Waals surface area contributed by atoms with Crippen LogP contribution in [0.1, 0.15) is 34.1 Å². The van der Waals surface area contributed by atoms with Gasteiger partial charge < -0.3 is 4.74 Å². The van der Waals surface area contributed by atoms with Crippen molar-refractivity contribution in [3.8, 4) is 5.75 Å². The van der Waals surface area contributed by atoms with Crippen molar-refractivity contribution >= 4 is 39.3 Å². The fourth-order valence-corrected chi connectivity index (χ4v) is 2.28. The second-order valence-corrected chi connectivity index (χ2v) is 5.64. The standard InChI is InChI=1S/C16H12BrClO3/c1-2-15(19)10-3-6-12(7-4-10)21-16(20)13-9-11(17)5-8-14(13)18/h3-9H,2H2,1H3. The van der Waals surface area contributed by atoms with Crippen LogP contribution in [0.4, 0.5) is 0 Å². The zero-order valence-electron chi connectivity index (χ0n) is 11.2. The highest BCUT2D eigenvalue weighted by molar-refractivity contribution is 9.10. The van der Waals surface area contributed by atoms with Gasteiger partial charge in [-0.15, -0.1) is 0 Å². The van der Waals surface area contributed by atoms with E-state index in [1.807, 2.05) is 0 Å². The number of hydrogen-bond donors (Lipinski definition) is 0. The Balaban J connectivity index is 2.16. The summed E-state index contributed by atoms with van der Waals surface area (Å²) in [5, 5.41) is 0.320. The Bertz CT molecular complexity index is 680. The number of ketones is 1. The predicted molar refractivity (Wildman–Crippen MR) is 85.2 cm³/mol. The molecule has 0 atom stereocenters. The van der Waals surface area contributed by atoms with Crippen LogP contribution in [0.2, 0.25) is 5.02 Å². The minimum atomic E-state index is -0.545. The van der Waals surface area contributed by atoms with E-state index in [4.69, 9.17) is 16.3 Å². The minimum Gasteiger partial charge on any atom is -0.423 e. The second-order valence-electron chi connectivity index (χ2n) is 4.31. The van der Waals surface area contributed by atoms with Gasteiger partial charge in [0.15, 0.2) is 5.78 Å². The molecule has 0 spiro atoms. The topological polar surface area (TPSA) is 43.4 Å². The van der Waals surface area contributed by atoms with E-state index in [9.17, 15) is 9.59 Å². The summed E-state index contributed by atoms with van der Waals surface area (Å²) >= 11 is 9.26. The summed E-state index contributed by atoms with van der Waals surface area (Å²) in [6.45, 7) is 1.80. The Morgan fingerprint density at radius 1 is 1.14 bits per heavy atom. The summed E-state index contributed by atoms with van der Waals surface area (Å²) in [6.07, 6.45) is 0.437. The zero-order chi connectivity index (χ0) is 15.4. The summed E-state index contributed by atoms with van der Waals surface area (Å²) in [4.78, 5) is 23.6. The lowest BCUT2D eigenvalue weighted by atomic mass is 10.1. The van der Waals surface area contributed by atoms with E-state index in [0.717, 1.165) is 4.47 Å². The second kappa shape index (κ2) is 6.87. The SMILES string of the molecule is CCC(=O)c1ccc(OC(=O)c2cc(Br)ccc2Cl)cc1. The predicted octanol–water partition coefficient (Wildman–Crippen LogP) is 4.91. The van der Waals surface area contributed by atoms with E-state index in [-0.39, 0.29) is 11.3 Å². The molecule has 0 saturated heterocycles. The molecule has 0 amide bonds. The average Bonchev–Trinajstić information content (AvgIpc) is 2.49. The van der Waals surface area contributed by atoms with Crippen LogP contribution in [0.15, 0.2) is 46.9 Å². The van der Waals surface area contributed by atoms with Crippen LogP contribution in [0.3, 0.4) is 0 Å². The van der Waals surface area contributed by atoms with Crippen molar-refractivity contribution in [2.75, 3.05) is 0 Å². The molecule has 2 rings (SSSR count). The van der Waals surface area contributed by atoms with Crippen LogP contribution in [0, 0.1) is 0 Å². The molecule has 0 aliphatic carbocycles. The van der Waals surface area contributed by atoms with Crippen LogP contribution >= 0.6 is 27.5 Å². The smallest absolute Gasteiger partial charge is 0.345 e. The first-order chi connectivity index (χ1) is 10.0. The van der Waals surface area contributed by atoms with Gasteiger partial charge >= 0.3 is 5.97 Å². The molecule has 21 heavy (non-hydrogen) atoms. The zero-order valence-corrected chi connectivity index (χ0v) is 13.6. The van der Waals surface area contributed by atoms with Crippen molar-refractivity contribution in [3.63, 3.8) is 0 Å². The molecule has 0 aromatic heterocycles. The van der Waals surface area contributed by atoms with Gasteiger partial charge in [0.25, 0.3) is 0 Å². The molecule has 0 N–H and O–H groups in total. The van der Waals surface area contributed by atoms with Gasteiger partial charge in [-0.05, 0) is 42.5 Å². The number of hydrogen-bond acceptors (Lipinski definition) is 3. The molecule has 0 saturated carbocycles. The molecule has 108 valence electrons. The maximum Gasteiger partial charge on any atom is 0.345 e. The van der Waals surface area contributed by atoms with Gasteiger partial charge in [-0.2, -0.15) is 0 Å². The Morgan fingerprint density at radius 3 is 2.43 bits per heavy atom. The molecular formula is C16H12BrClO3. The Morgan fingerprint density at radius 2 is 1.81 bits per heavy atom. The number of carbonyl (C=O) groups is 2. The third kappa shape index (κ3) is 3.93. The fourth-order valence-electron chi connectivity index (χ4n) is 1.73. The lowest BCUT2D eigenvalue weighted by Crippen LogP contribution is -2.09. The third-order valence-corrected chi connectivity index (χ3v) is 3.68. The van der Waals surface area contributed by atoms with Gasteiger partial charge in [0.1, 0.15) is 5.75 Å². The molecule has 0 bridgehead atoms. The van der Waals surface area contributed by atoms with Gasteiger partial charge in [-0.1, -0.05) is 34.5 Å². The maximum absolute atomic E-state index is 12.1. The summed E-state index contributed by atoms with van der Waals surface area (Å²) < 4.78 is 5.99. The molecule has 2 aromatic rings. The van der Waals surface area contributed by atoms with Crippen molar-refractivity contribution in [2.24, 2.45) is 0 Å². The maximum atomic E-state index is 12.1. The number of benzene rings is 2. The molecule has 3 nitrogen and oxygen atoms in total. The summed E-state index contributed by atoms with van der Waals surface area (Å²) in [5.74, 6) is -0.137. The molecule has 0 heterocycles. The van der Waals surface area contributed by atoms with Crippen LogP contribution < -0.4 is 4.74 Å². The number of Topliss-reactive ketones (excluding diaryl/α,β-unsaturated/α-hetero) is 1. The largest absolute Gasteiger partial charge is 0.423 e. The summed E-state index contributed by atoms with van der Waals surface area (Å²) in [7, 11) is 0. The molecule has 0 aliphatic rings. The van der Waals surface area contributed by atoms with E-state index in [1.54, 1.807) is 49.4 Å². The van der Waals surface area contributed by atoms with Crippen molar-refractivity contribution < 1.29 is 14.3 Å². The van der Waals surface area contributed by atoms with E-state index in [1.165, 1.54) is 0 Å². The average molecular weight is 368 g/mol. The first-order valence-corrected chi connectivity index (χ1v) is 7.49. The monoisotopic (exact) mass is 366 g/mol. The fraction of sp³-hybridized carbons (Fsp3) is 0.125. The quantitative estimate of drug-likeness (QED) is 0.438. The normalized spacial score (nSPS) is 10.2. The first kappa shape index (κ1) is 15.7. The molecule has 0 aliphatic heterocycles. The van der Waals surface area contributed by atoms with Crippen LogP contribution in [-0.4, -0.2) is 11.8 Å². The van der Waals surface area contributed by atoms with Gasteiger partial charge in [0, 0.05) is 16.5 Å². The molecule has 0 unspecified atom stereocenters. The number of rotatable bonds is 4. The molecule has 0 radical (unpaired) electrons. The Hall–Kier alpha value is -1.65. The molecule has 5 heteroatoms. The lowest BCUT2D eigenvalue weighted by molar-refractivity contribution is 0.0735. The van der Waals surface area contributed by atoms with Crippen molar-refractivity contribution in [1.82, 2.24) is 0 Å². The van der Waals surface area contributed by atoms with Crippen LogP contribution in [-0.2, 0) is 0 Å². The van der Waals surface area contributed by atoms with E-state index in [2.05, 4.69) is 15.9 Å². The number of ether oxygens (including phenoxy) is 1. The van der Waals surface area contributed by atoms with Crippen LogP contribution in [0.25, 0.3) is 0 Å². The Labute approximate surface area is 136 Å². The van der Waals surface area contributed by atoms with Crippen molar-refractivity contribution in [3.05, 3.63) is 63.1 Å². The van der Waals surface area contributed by atoms with Gasteiger partial charge in [0.05, 0.1) is 10.6 Å². The molecule has 0 fully saturated rings. The number of halogens is 2. The highest BCUT2D eigenvalue weighted by Crippen LogP contribution is 2.23. The van der Waals surface area contributed by atoms with Gasteiger partial charge in [-0.25, -0.2) is 4.79 Å². The third-order valence-electron chi connectivity index (χ3n) is 2.86. The minimum absolute atomic E-state index is 0.0444. The van der Waals surface area contributed by atoms with Crippen molar-refractivity contribution in [2.45, 2.75) is 13.3 Å². The lowest BCUT2D eigenvalue weighted by Gasteiger charge is -2.07. The summed E-state index contributed by atoms with van der Waals surface area (Å²) in [5.41, 5.74) is 0.873. The van der Waals surface area contributed by atoms with Crippen molar-refractivity contribution in [1.29, 1.82) is 0 Å². The summed E-state index contributed by atoms with van der Waals surface area (Å²) in [6, 6.07) is 11.4. The first-order valence-electron chi connectivity index (χ1n) is 6.31. The highest BCUT2D eigenvalue weighted by Gasteiger charge is 2.13. The van der Waals surface area contributed by atoms with Gasteiger partial charge in [-0.3, -0.25) is 4.79 Å². The Kier molecular flexibility index (Phi) is 5.15.